The second-order valence-electron chi connectivity index (χ2n) is 4.16. The van der Waals surface area contributed by atoms with Crippen molar-refractivity contribution >= 4 is 11.0 Å². The van der Waals surface area contributed by atoms with E-state index in [1.165, 1.54) is 0 Å². The number of hydrogen-bond donors (Lipinski definition) is 1. The first-order valence-electron chi connectivity index (χ1n) is 5.84. The van der Waals surface area contributed by atoms with Crippen molar-refractivity contribution in [1.29, 1.82) is 0 Å². The number of nitrogens with one attached hydrogen (secondary N) is 1. The lowest BCUT2D eigenvalue weighted by atomic mass is 10.2. The average Bonchev–Trinajstić information content (AvgIpc) is 2.36. The molecule has 0 fully saturated rings. The molecule has 0 saturated carbocycles. The molecule has 0 aliphatic rings. The number of fused-ring (bicyclic) bond motifs is 1. The van der Waals surface area contributed by atoms with Gasteiger partial charge in [-0.3, -0.25) is 4.98 Å². The van der Waals surface area contributed by atoms with Gasteiger partial charge in [0.05, 0.1) is 22.9 Å². The van der Waals surface area contributed by atoms with Crippen LogP contribution in [0.5, 0.6) is 0 Å². The molecular weight excluding hydrogens is 210 g/mol. The Morgan fingerprint density at radius 2 is 2.12 bits per heavy atom. The zero-order valence-electron chi connectivity index (χ0n) is 10.1. The summed E-state index contributed by atoms with van der Waals surface area (Å²) in [5.74, 6) is 0. The Bertz CT molecular complexity index is 508. The minimum atomic E-state index is 0.417. The molecule has 0 aliphatic carbocycles. The smallest absolute Gasteiger partial charge is 0.0890 e. The van der Waals surface area contributed by atoms with E-state index in [-0.39, 0.29) is 0 Å². The predicted octanol–water partition coefficient (Wildman–Crippen LogP) is 2.68. The first-order chi connectivity index (χ1) is 8.29. The second-order valence-corrected chi connectivity index (χ2v) is 4.16. The van der Waals surface area contributed by atoms with Gasteiger partial charge in [-0.15, -0.1) is 6.58 Å². The minimum absolute atomic E-state index is 0.417. The highest BCUT2D eigenvalue weighted by molar-refractivity contribution is 5.73. The molecule has 1 aromatic carbocycles. The molecule has 2 aromatic rings. The summed E-state index contributed by atoms with van der Waals surface area (Å²) in [6, 6.07) is 8.33. The van der Waals surface area contributed by atoms with Crippen molar-refractivity contribution in [2.45, 2.75) is 25.9 Å². The molecule has 0 bridgehead atoms. The van der Waals surface area contributed by atoms with E-state index in [2.05, 4.69) is 28.8 Å². The van der Waals surface area contributed by atoms with E-state index in [0.29, 0.717) is 6.04 Å². The lowest BCUT2D eigenvalue weighted by molar-refractivity contribution is 0.548. The molecule has 1 heterocycles. The average molecular weight is 227 g/mol. The van der Waals surface area contributed by atoms with Crippen LogP contribution >= 0.6 is 0 Å². The molecule has 17 heavy (non-hydrogen) atoms. The Kier molecular flexibility index (Phi) is 3.83. The first kappa shape index (κ1) is 11.7. The van der Waals surface area contributed by atoms with E-state index < -0.39 is 0 Å². The lowest BCUT2D eigenvalue weighted by Gasteiger charge is -2.10. The van der Waals surface area contributed by atoms with E-state index >= 15 is 0 Å². The molecule has 0 spiro atoms. The predicted molar refractivity (Wildman–Crippen MR) is 70.7 cm³/mol. The lowest BCUT2D eigenvalue weighted by Crippen LogP contribution is -2.25. The van der Waals surface area contributed by atoms with Gasteiger partial charge in [0.15, 0.2) is 0 Å². The molecule has 1 aromatic heterocycles. The van der Waals surface area contributed by atoms with E-state index in [0.717, 1.165) is 29.7 Å². The monoisotopic (exact) mass is 227 g/mol. The molecule has 0 amide bonds. The van der Waals surface area contributed by atoms with Gasteiger partial charge in [-0.2, -0.15) is 0 Å². The topological polar surface area (TPSA) is 37.8 Å². The van der Waals surface area contributed by atoms with Gasteiger partial charge in [0, 0.05) is 12.6 Å². The van der Waals surface area contributed by atoms with Gasteiger partial charge in [0.2, 0.25) is 0 Å². The molecule has 0 aliphatic heterocycles. The van der Waals surface area contributed by atoms with Crippen molar-refractivity contribution in [1.82, 2.24) is 15.3 Å². The van der Waals surface area contributed by atoms with Crippen LogP contribution in [0.1, 0.15) is 19.0 Å². The highest BCUT2D eigenvalue weighted by Gasteiger charge is 2.01. The standard InChI is InChI=1S/C14H17N3/c1-3-6-11(2)15-9-12-10-16-13-7-4-5-8-14(13)17-12/h3-5,7-8,10-11,15H,1,6,9H2,2H3. The van der Waals surface area contributed by atoms with Gasteiger partial charge in [0.25, 0.3) is 0 Å². The van der Waals surface area contributed by atoms with Gasteiger partial charge in [0.1, 0.15) is 0 Å². The maximum Gasteiger partial charge on any atom is 0.0890 e. The fourth-order valence-electron chi connectivity index (χ4n) is 1.69. The zero-order chi connectivity index (χ0) is 12.1. The summed E-state index contributed by atoms with van der Waals surface area (Å²) in [5.41, 5.74) is 2.86. The summed E-state index contributed by atoms with van der Waals surface area (Å²) in [7, 11) is 0. The van der Waals surface area contributed by atoms with Crippen LogP contribution in [0.2, 0.25) is 0 Å². The van der Waals surface area contributed by atoms with Crippen molar-refractivity contribution in [2.75, 3.05) is 0 Å². The number of rotatable bonds is 5. The van der Waals surface area contributed by atoms with Gasteiger partial charge >= 0.3 is 0 Å². The molecule has 88 valence electrons. The van der Waals surface area contributed by atoms with Crippen LogP contribution < -0.4 is 5.32 Å². The molecule has 1 N–H and O–H groups in total. The molecule has 3 nitrogen and oxygen atoms in total. The Labute approximate surface area is 102 Å². The van der Waals surface area contributed by atoms with Gasteiger partial charge in [-0.1, -0.05) is 18.2 Å². The summed E-state index contributed by atoms with van der Waals surface area (Å²) in [6.45, 7) is 6.61. The largest absolute Gasteiger partial charge is 0.308 e. The third-order valence-corrected chi connectivity index (χ3v) is 2.65. The zero-order valence-corrected chi connectivity index (χ0v) is 10.1. The number of aromatic nitrogens is 2. The molecule has 3 heteroatoms. The Morgan fingerprint density at radius 1 is 1.35 bits per heavy atom. The van der Waals surface area contributed by atoms with Crippen molar-refractivity contribution in [2.24, 2.45) is 0 Å². The van der Waals surface area contributed by atoms with Crippen molar-refractivity contribution in [3.63, 3.8) is 0 Å². The van der Waals surface area contributed by atoms with Gasteiger partial charge in [-0.25, -0.2) is 4.98 Å². The molecule has 1 atom stereocenters. The van der Waals surface area contributed by atoms with Crippen LogP contribution in [0.4, 0.5) is 0 Å². The van der Waals surface area contributed by atoms with Gasteiger partial charge < -0.3 is 5.32 Å². The van der Waals surface area contributed by atoms with Crippen LogP contribution in [-0.2, 0) is 6.54 Å². The molecule has 0 radical (unpaired) electrons. The summed E-state index contributed by atoms with van der Waals surface area (Å²) in [4.78, 5) is 8.94. The normalized spacial score (nSPS) is 12.5. The number of hydrogen-bond acceptors (Lipinski definition) is 3. The highest BCUT2D eigenvalue weighted by atomic mass is 14.9. The fraction of sp³-hybridized carbons (Fsp3) is 0.286. The highest BCUT2D eigenvalue weighted by Crippen LogP contribution is 2.08. The SMILES string of the molecule is C=CCC(C)NCc1cnc2ccccc2n1. The quantitative estimate of drug-likeness (QED) is 0.798. The number of nitrogens with zero attached hydrogens (tertiary/aromatic N) is 2. The van der Waals surface area contributed by atoms with Crippen molar-refractivity contribution in [3.8, 4) is 0 Å². The molecular formula is C14H17N3. The van der Waals surface area contributed by atoms with E-state index in [9.17, 15) is 0 Å². The Hall–Kier alpha value is -1.74. The van der Waals surface area contributed by atoms with E-state index in [4.69, 9.17) is 0 Å². The summed E-state index contributed by atoms with van der Waals surface area (Å²) in [6.07, 6.45) is 4.71. The van der Waals surface area contributed by atoms with E-state index in [1.807, 2.05) is 36.5 Å². The first-order valence-corrected chi connectivity index (χ1v) is 5.84. The Morgan fingerprint density at radius 3 is 2.88 bits per heavy atom. The summed E-state index contributed by atoms with van der Waals surface area (Å²) >= 11 is 0. The van der Waals surface area contributed by atoms with Crippen molar-refractivity contribution < 1.29 is 0 Å². The number of para-hydroxylation sites is 2. The van der Waals surface area contributed by atoms with E-state index in [1.54, 1.807) is 0 Å². The van der Waals surface area contributed by atoms with Crippen LogP contribution in [0.15, 0.2) is 43.1 Å². The summed E-state index contributed by atoms with van der Waals surface area (Å²) in [5, 5.41) is 3.39. The third kappa shape index (κ3) is 3.11. The van der Waals surface area contributed by atoms with Crippen LogP contribution in [0.3, 0.4) is 0 Å². The maximum atomic E-state index is 4.56. The van der Waals surface area contributed by atoms with Crippen LogP contribution in [0, 0.1) is 0 Å². The Balaban J connectivity index is 2.06. The molecule has 2 rings (SSSR count). The van der Waals surface area contributed by atoms with Crippen molar-refractivity contribution in [3.05, 3.63) is 48.8 Å². The minimum Gasteiger partial charge on any atom is -0.308 e. The number of benzene rings is 1. The molecule has 0 saturated heterocycles. The van der Waals surface area contributed by atoms with Crippen LogP contribution in [-0.4, -0.2) is 16.0 Å². The van der Waals surface area contributed by atoms with Crippen LogP contribution in [0.25, 0.3) is 11.0 Å². The second kappa shape index (κ2) is 5.55. The maximum absolute atomic E-state index is 4.56. The molecule has 1 unspecified atom stereocenters. The summed E-state index contributed by atoms with van der Waals surface area (Å²) < 4.78 is 0. The fourth-order valence-corrected chi connectivity index (χ4v) is 1.69. The third-order valence-electron chi connectivity index (χ3n) is 2.65. The van der Waals surface area contributed by atoms with Gasteiger partial charge in [-0.05, 0) is 25.5 Å².